The Morgan fingerprint density at radius 3 is 2.38 bits per heavy atom. The molecule has 2 aliphatic rings. The van der Waals surface area contributed by atoms with Crippen molar-refractivity contribution in [3.63, 3.8) is 0 Å². The number of thioether (sulfide) groups is 1. The maximum Gasteiger partial charge on any atom is 0.335 e. The van der Waals surface area contributed by atoms with E-state index in [4.69, 9.17) is 10.1 Å². The van der Waals surface area contributed by atoms with Crippen LogP contribution in [0.15, 0.2) is 64.5 Å². The van der Waals surface area contributed by atoms with Gasteiger partial charge in [0.15, 0.2) is 5.17 Å². The molecule has 2 aromatic rings. The maximum absolute atomic E-state index is 13.2. The second-order valence-electron chi connectivity index (χ2n) is 7.23. The Hall–Kier alpha value is -2.86. The first-order valence-electron chi connectivity index (χ1n) is 9.82. The van der Waals surface area contributed by atoms with Gasteiger partial charge in [0.25, 0.3) is 5.91 Å². The third-order valence-corrected chi connectivity index (χ3v) is 6.20. The number of hydrogen-bond acceptors (Lipinski definition) is 4. The van der Waals surface area contributed by atoms with Crippen molar-refractivity contribution in [2.45, 2.75) is 38.1 Å². The summed E-state index contributed by atoms with van der Waals surface area (Å²) in [6.45, 7) is 0. The van der Waals surface area contributed by atoms with E-state index in [1.165, 1.54) is 18.2 Å². The first kappa shape index (κ1) is 19.5. The summed E-state index contributed by atoms with van der Waals surface area (Å²) in [6, 6.07) is 16.4. The van der Waals surface area contributed by atoms with Gasteiger partial charge in [0.2, 0.25) is 0 Å². The fourth-order valence-electron chi connectivity index (χ4n) is 3.71. The number of rotatable bonds is 4. The van der Waals surface area contributed by atoms with Gasteiger partial charge in [-0.1, -0.05) is 49.6 Å². The highest BCUT2D eigenvalue weighted by Gasteiger charge is 2.38. The van der Waals surface area contributed by atoms with E-state index in [0.29, 0.717) is 4.91 Å². The SMILES string of the molecule is O=C(O)c1ccc(C=C2SC(=Nc3ccccc3)N(C3CCCCC3)C2=O)cc1. The monoisotopic (exact) mass is 406 g/mol. The number of nitrogens with zero attached hydrogens (tertiary/aromatic N) is 2. The highest BCUT2D eigenvalue weighted by molar-refractivity contribution is 8.18. The second-order valence-corrected chi connectivity index (χ2v) is 8.24. The Morgan fingerprint density at radius 2 is 1.72 bits per heavy atom. The molecule has 2 fully saturated rings. The molecule has 0 aromatic heterocycles. The van der Waals surface area contributed by atoms with Gasteiger partial charge in [0, 0.05) is 6.04 Å². The minimum Gasteiger partial charge on any atom is -0.478 e. The Labute approximate surface area is 174 Å². The van der Waals surface area contributed by atoms with Gasteiger partial charge < -0.3 is 5.11 Å². The van der Waals surface area contributed by atoms with Crippen LogP contribution in [0.2, 0.25) is 0 Å². The van der Waals surface area contributed by atoms with E-state index in [-0.39, 0.29) is 17.5 Å². The van der Waals surface area contributed by atoms with Crippen LogP contribution in [-0.2, 0) is 4.79 Å². The predicted octanol–water partition coefficient (Wildman–Crippen LogP) is 5.32. The van der Waals surface area contributed by atoms with Crippen LogP contribution < -0.4 is 0 Å². The molecule has 1 N–H and O–H groups in total. The van der Waals surface area contributed by atoms with Crippen LogP contribution in [0.3, 0.4) is 0 Å². The van der Waals surface area contributed by atoms with E-state index >= 15 is 0 Å². The van der Waals surface area contributed by atoms with Crippen LogP contribution in [0.25, 0.3) is 6.08 Å². The maximum atomic E-state index is 13.2. The lowest BCUT2D eigenvalue weighted by molar-refractivity contribution is -0.124. The summed E-state index contributed by atoms with van der Waals surface area (Å²) < 4.78 is 0. The quantitative estimate of drug-likeness (QED) is 0.698. The van der Waals surface area contributed by atoms with E-state index in [2.05, 4.69) is 0 Å². The smallest absolute Gasteiger partial charge is 0.335 e. The molecule has 6 heteroatoms. The number of para-hydroxylation sites is 1. The molecule has 1 saturated carbocycles. The van der Waals surface area contributed by atoms with Crippen molar-refractivity contribution >= 4 is 40.6 Å². The number of carbonyl (C=O) groups excluding carboxylic acids is 1. The summed E-state index contributed by atoms with van der Waals surface area (Å²) in [6.07, 6.45) is 7.31. The molecule has 1 aliphatic heterocycles. The van der Waals surface area contributed by atoms with Crippen LogP contribution >= 0.6 is 11.8 Å². The first-order valence-corrected chi connectivity index (χ1v) is 10.6. The van der Waals surface area contributed by atoms with Crippen molar-refractivity contribution in [3.05, 3.63) is 70.6 Å². The van der Waals surface area contributed by atoms with Crippen LogP contribution in [0.1, 0.15) is 48.0 Å². The molecule has 0 radical (unpaired) electrons. The summed E-state index contributed by atoms with van der Waals surface area (Å²) in [4.78, 5) is 31.5. The average molecular weight is 407 g/mol. The molecule has 0 spiro atoms. The van der Waals surface area contributed by atoms with E-state index in [0.717, 1.165) is 42.1 Å². The summed E-state index contributed by atoms with van der Waals surface area (Å²) in [7, 11) is 0. The van der Waals surface area contributed by atoms with Gasteiger partial charge in [-0.15, -0.1) is 0 Å². The third kappa shape index (κ3) is 4.43. The Kier molecular flexibility index (Phi) is 5.81. The van der Waals surface area contributed by atoms with Crippen molar-refractivity contribution in [2.24, 2.45) is 4.99 Å². The molecule has 1 heterocycles. The highest BCUT2D eigenvalue weighted by Crippen LogP contribution is 2.38. The number of benzene rings is 2. The number of aliphatic imine (C=N–C) groups is 1. The van der Waals surface area contributed by atoms with Gasteiger partial charge in [0.05, 0.1) is 16.2 Å². The second kappa shape index (κ2) is 8.66. The zero-order chi connectivity index (χ0) is 20.2. The van der Waals surface area contributed by atoms with Crippen molar-refractivity contribution in [1.82, 2.24) is 4.90 Å². The molecule has 148 valence electrons. The van der Waals surface area contributed by atoms with E-state index in [1.807, 2.05) is 41.3 Å². The van der Waals surface area contributed by atoms with Gasteiger partial charge in [-0.3, -0.25) is 9.69 Å². The summed E-state index contributed by atoms with van der Waals surface area (Å²) in [5, 5.41) is 9.78. The number of amides is 1. The summed E-state index contributed by atoms with van der Waals surface area (Å²) in [5.41, 5.74) is 1.86. The Morgan fingerprint density at radius 1 is 1.03 bits per heavy atom. The summed E-state index contributed by atoms with van der Waals surface area (Å²) >= 11 is 1.39. The van der Waals surface area contributed by atoms with Crippen LogP contribution in [0.5, 0.6) is 0 Å². The fraction of sp³-hybridized carbons (Fsp3) is 0.261. The Balaban J connectivity index is 1.66. The minimum absolute atomic E-state index is 0.0149. The average Bonchev–Trinajstić information content (AvgIpc) is 3.04. The molecule has 1 amide bonds. The van der Waals surface area contributed by atoms with Crippen molar-refractivity contribution < 1.29 is 14.7 Å². The topological polar surface area (TPSA) is 70.0 Å². The third-order valence-electron chi connectivity index (χ3n) is 5.21. The number of hydrogen-bond donors (Lipinski definition) is 1. The van der Waals surface area contributed by atoms with E-state index in [1.54, 1.807) is 24.3 Å². The lowest BCUT2D eigenvalue weighted by atomic mass is 9.94. The number of carboxylic acids is 1. The lowest BCUT2D eigenvalue weighted by Crippen LogP contribution is -2.40. The fourth-order valence-corrected chi connectivity index (χ4v) is 4.77. The number of amidine groups is 1. The lowest BCUT2D eigenvalue weighted by Gasteiger charge is -2.30. The van der Waals surface area contributed by atoms with E-state index in [9.17, 15) is 9.59 Å². The largest absolute Gasteiger partial charge is 0.478 e. The molecular formula is C23H22N2O3S. The zero-order valence-electron chi connectivity index (χ0n) is 16.0. The normalized spacial score (nSPS) is 20.6. The highest BCUT2D eigenvalue weighted by atomic mass is 32.2. The number of carboxylic acid groups (broad SMARTS) is 1. The molecular weight excluding hydrogens is 384 g/mol. The standard InChI is InChI=1S/C23H22N2O3S/c26-21-20(15-16-11-13-17(14-12-16)22(27)28)29-23(24-18-7-3-1-4-8-18)25(21)19-9-5-2-6-10-19/h1,3-4,7-8,11-15,19H,2,5-6,9-10H2,(H,27,28). The van der Waals surface area contributed by atoms with Gasteiger partial charge in [0.1, 0.15) is 0 Å². The zero-order valence-corrected chi connectivity index (χ0v) is 16.8. The van der Waals surface area contributed by atoms with Crippen molar-refractivity contribution in [1.29, 1.82) is 0 Å². The molecule has 1 aliphatic carbocycles. The molecule has 0 unspecified atom stereocenters. The van der Waals surface area contributed by atoms with Gasteiger partial charge in [-0.05, 0) is 60.5 Å². The van der Waals surface area contributed by atoms with Crippen LogP contribution in [0, 0.1) is 0 Å². The van der Waals surface area contributed by atoms with Crippen molar-refractivity contribution in [2.75, 3.05) is 0 Å². The Bertz CT molecular complexity index is 961. The summed E-state index contributed by atoms with van der Waals surface area (Å²) in [5.74, 6) is -0.977. The first-order chi connectivity index (χ1) is 14.1. The predicted molar refractivity (Wildman–Crippen MR) is 116 cm³/mol. The molecule has 0 atom stereocenters. The van der Waals surface area contributed by atoms with Gasteiger partial charge >= 0.3 is 5.97 Å². The number of carbonyl (C=O) groups is 2. The number of aromatic carboxylic acids is 1. The molecule has 4 rings (SSSR count). The molecule has 1 saturated heterocycles. The van der Waals surface area contributed by atoms with Crippen LogP contribution in [-0.4, -0.2) is 33.1 Å². The molecule has 0 bridgehead atoms. The molecule has 5 nitrogen and oxygen atoms in total. The van der Waals surface area contributed by atoms with E-state index < -0.39 is 5.97 Å². The van der Waals surface area contributed by atoms with Crippen molar-refractivity contribution in [3.8, 4) is 0 Å². The van der Waals surface area contributed by atoms with Crippen LogP contribution in [0.4, 0.5) is 5.69 Å². The van der Waals surface area contributed by atoms with Gasteiger partial charge in [-0.2, -0.15) is 0 Å². The molecule has 2 aromatic carbocycles. The van der Waals surface area contributed by atoms with Gasteiger partial charge in [-0.25, -0.2) is 9.79 Å². The minimum atomic E-state index is -0.962. The molecule has 29 heavy (non-hydrogen) atoms.